The summed E-state index contributed by atoms with van der Waals surface area (Å²) in [6, 6.07) is 0.313. The first-order valence-corrected chi connectivity index (χ1v) is 11.7. The lowest BCUT2D eigenvalue weighted by Gasteiger charge is -2.33. The average Bonchev–Trinajstić information content (AvgIpc) is 2.85. The van der Waals surface area contributed by atoms with Crippen LogP contribution < -0.4 is 10.1 Å². The average molecular weight is 483 g/mol. The number of amides is 1. The van der Waals surface area contributed by atoms with Crippen molar-refractivity contribution < 1.29 is 38.4 Å². The predicted octanol–water partition coefficient (Wildman–Crippen LogP) is 2.33. The molecule has 2 rings (SSSR count). The molecule has 0 aromatic carbocycles. The molecule has 0 aliphatic carbocycles. The topological polar surface area (TPSA) is 125 Å². The second-order valence-corrected chi connectivity index (χ2v) is 9.11. The van der Waals surface area contributed by atoms with Gasteiger partial charge in [0.15, 0.2) is 23.2 Å². The molecule has 0 saturated carbocycles. The standard InChI is InChI=1S/C24H38N2O8/c1-7-17-22(33-11-15(4)5)19(32-10-14(2)3)13-31-12-16(24(29)34-17)26-23(28)20-21(27)18(30-6)8-9-25-20/h8-9,14-17,19,22,27H,7,10-13H2,1-6H3,(H,26,28)/t16-,17?,19?,22-/m0/s1. The fraction of sp³-hybridized carbons (Fsp3) is 0.708. The molecule has 2 heterocycles. The van der Waals surface area contributed by atoms with E-state index in [0.29, 0.717) is 25.6 Å². The van der Waals surface area contributed by atoms with E-state index in [1.165, 1.54) is 19.4 Å². The Balaban J connectivity index is 2.22. The molecule has 1 amide bonds. The van der Waals surface area contributed by atoms with Gasteiger partial charge in [-0.25, -0.2) is 9.78 Å². The fourth-order valence-corrected chi connectivity index (χ4v) is 3.39. The number of cyclic esters (lactones) is 1. The van der Waals surface area contributed by atoms with Crippen LogP contribution >= 0.6 is 0 Å². The smallest absolute Gasteiger partial charge is 0.331 e. The minimum atomic E-state index is -1.11. The number of rotatable bonds is 10. The lowest BCUT2D eigenvalue weighted by molar-refractivity contribution is -0.173. The van der Waals surface area contributed by atoms with Crippen molar-refractivity contribution in [1.82, 2.24) is 10.3 Å². The molecule has 0 spiro atoms. The van der Waals surface area contributed by atoms with Gasteiger partial charge in [-0.3, -0.25) is 4.79 Å². The number of ether oxygens (including phenoxy) is 5. The molecule has 10 heteroatoms. The van der Waals surface area contributed by atoms with Crippen LogP contribution in [0.1, 0.15) is 51.5 Å². The van der Waals surface area contributed by atoms with Gasteiger partial charge in [-0.2, -0.15) is 0 Å². The minimum Gasteiger partial charge on any atom is -0.503 e. The first-order chi connectivity index (χ1) is 16.2. The molecule has 34 heavy (non-hydrogen) atoms. The van der Waals surface area contributed by atoms with Gasteiger partial charge in [0.05, 0.1) is 20.3 Å². The Labute approximate surface area is 201 Å². The van der Waals surface area contributed by atoms with E-state index in [-0.39, 0.29) is 30.6 Å². The quantitative estimate of drug-likeness (QED) is 0.483. The molecule has 4 atom stereocenters. The molecule has 0 radical (unpaired) electrons. The van der Waals surface area contributed by atoms with Crippen LogP contribution in [0.2, 0.25) is 0 Å². The number of nitrogens with one attached hydrogen (secondary N) is 1. The summed E-state index contributed by atoms with van der Waals surface area (Å²) in [5, 5.41) is 12.8. The van der Waals surface area contributed by atoms with Gasteiger partial charge in [0.2, 0.25) is 0 Å². The van der Waals surface area contributed by atoms with Crippen LogP contribution in [0.25, 0.3) is 0 Å². The van der Waals surface area contributed by atoms with Gasteiger partial charge in [0, 0.05) is 25.5 Å². The molecule has 1 aromatic heterocycles. The lowest BCUT2D eigenvalue weighted by atomic mass is 10.0. The van der Waals surface area contributed by atoms with Crippen LogP contribution in [-0.4, -0.2) is 79.9 Å². The number of methoxy groups -OCH3 is 1. The summed E-state index contributed by atoms with van der Waals surface area (Å²) in [6.45, 7) is 11.1. The predicted molar refractivity (Wildman–Crippen MR) is 124 cm³/mol. The summed E-state index contributed by atoms with van der Waals surface area (Å²) >= 11 is 0. The number of carbonyl (C=O) groups is 2. The van der Waals surface area contributed by atoms with E-state index >= 15 is 0 Å². The zero-order valence-corrected chi connectivity index (χ0v) is 20.9. The second kappa shape index (κ2) is 13.5. The molecule has 2 unspecified atom stereocenters. The summed E-state index contributed by atoms with van der Waals surface area (Å²) in [5.74, 6) is -1.16. The third kappa shape index (κ3) is 7.82. The Morgan fingerprint density at radius 3 is 2.50 bits per heavy atom. The van der Waals surface area contributed by atoms with E-state index in [0.717, 1.165) is 0 Å². The summed E-state index contributed by atoms with van der Waals surface area (Å²) in [5.41, 5.74) is -0.268. The molecular weight excluding hydrogens is 444 g/mol. The Morgan fingerprint density at radius 1 is 1.21 bits per heavy atom. The van der Waals surface area contributed by atoms with Crippen LogP contribution in [0.3, 0.4) is 0 Å². The molecule has 1 saturated heterocycles. The minimum absolute atomic E-state index is 0.0924. The van der Waals surface area contributed by atoms with Crippen LogP contribution in [0.15, 0.2) is 12.3 Å². The van der Waals surface area contributed by atoms with E-state index in [2.05, 4.69) is 10.3 Å². The van der Waals surface area contributed by atoms with Gasteiger partial charge in [-0.1, -0.05) is 34.6 Å². The van der Waals surface area contributed by atoms with E-state index in [4.69, 9.17) is 23.7 Å². The van der Waals surface area contributed by atoms with Crippen LogP contribution in [0.4, 0.5) is 0 Å². The summed E-state index contributed by atoms with van der Waals surface area (Å²) in [4.78, 5) is 29.7. The van der Waals surface area contributed by atoms with Crippen molar-refractivity contribution in [3.05, 3.63) is 18.0 Å². The van der Waals surface area contributed by atoms with Crippen molar-refractivity contribution >= 4 is 11.9 Å². The van der Waals surface area contributed by atoms with Crippen LogP contribution in [0.5, 0.6) is 11.5 Å². The van der Waals surface area contributed by atoms with Crippen molar-refractivity contribution in [3.63, 3.8) is 0 Å². The molecule has 192 valence electrons. The summed E-state index contributed by atoms with van der Waals surface area (Å²) in [6.07, 6.45) is 0.264. The number of aromatic hydroxyl groups is 1. The number of aromatic nitrogens is 1. The van der Waals surface area contributed by atoms with Gasteiger partial charge >= 0.3 is 5.97 Å². The SMILES string of the molecule is CCC1OC(=O)[C@@H](NC(=O)c2nccc(OC)c2O)COCC(OCC(C)C)[C@H]1OCC(C)C. The van der Waals surface area contributed by atoms with E-state index in [1.54, 1.807) is 0 Å². The molecule has 10 nitrogen and oxygen atoms in total. The highest BCUT2D eigenvalue weighted by Crippen LogP contribution is 2.27. The Kier molecular flexibility index (Phi) is 11.0. The number of esters is 1. The molecule has 0 bridgehead atoms. The molecule has 1 aliphatic rings. The highest BCUT2D eigenvalue weighted by atomic mass is 16.6. The van der Waals surface area contributed by atoms with Crippen molar-refractivity contribution in [3.8, 4) is 11.5 Å². The Bertz CT molecular complexity index is 801. The van der Waals surface area contributed by atoms with Crippen LogP contribution in [-0.2, 0) is 23.7 Å². The molecule has 1 aromatic rings. The van der Waals surface area contributed by atoms with E-state index in [9.17, 15) is 14.7 Å². The zero-order chi connectivity index (χ0) is 25.3. The monoisotopic (exact) mass is 482 g/mol. The Morgan fingerprint density at radius 2 is 1.88 bits per heavy atom. The number of hydrogen-bond acceptors (Lipinski definition) is 9. The number of hydrogen-bond donors (Lipinski definition) is 2. The first-order valence-electron chi connectivity index (χ1n) is 11.7. The van der Waals surface area contributed by atoms with E-state index < -0.39 is 42.0 Å². The van der Waals surface area contributed by atoms with Crippen molar-refractivity contribution in [2.75, 3.05) is 33.5 Å². The van der Waals surface area contributed by atoms with E-state index in [1.807, 2.05) is 34.6 Å². The first kappa shape index (κ1) is 27.8. The van der Waals surface area contributed by atoms with Gasteiger partial charge < -0.3 is 34.1 Å². The Hall–Kier alpha value is -2.43. The van der Waals surface area contributed by atoms with Crippen molar-refractivity contribution in [1.29, 1.82) is 0 Å². The molecule has 2 N–H and O–H groups in total. The lowest BCUT2D eigenvalue weighted by Crippen LogP contribution is -2.48. The molecule has 1 aliphatic heterocycles. The third-order valence-electron chi connectivity index (χ3n) is 5.15. The van der Waals surface area contributed by atoms with Crippen molar-refractivity contribution in [2.24, 2.45) is 11.8 Å². The van der Waals surface area contributed by atoms with Crippen molar-refractivity contribution in [2.45, 2.75) is 65.4 Å². The summed E-state index contributed by atoms with van der Waals surface area (Å²) in [7, 11) is 1.36. The van der Waals surface area contributed by atoms with Gasteiger partial charge in [-0.05, 0) is 18.3 Å². The third-order valence-corrected chi connectivity index (χ3v) is 5.15. The van der Waals surface area contributed by atoms with Gasteiger partial charge in [-0.15, -0.1) is 0 Å². The normalized spacial score (nSPS) is 23.7. The molecule has 1 fully saturated rings. The number of carbonyl (C=O) groups excluding carboxylic acids is 2. The number of nitrogens with zero attached hydrogens (tertiary/aromatic N) is 1. The highest BCUT2D eigenvalue weighted by molar-refractivity contribution is 5.98. The zero-order valence-electron chi connectivity index (χ0n) is 20.9. The second-order valence-electron chi connectivity index (χ2n) is 9.11. The largest absolute Gasteiger partial charge is 0.503 e. The fourth-order valence-electron chi connectivity index (χ4n) is 3.39. The summed E-state index contributed by atoms with van der Waals surface area (Å²) < 4.78 is 28.8. The molecular formula is C24H38N2O8. The van der Waals surface area contributed by atoms with Crippen LogP contribution in [0, 0.1) is 11.8 Å². The maximum Gasteiger partial charge on any atom is 0.331 e. The number of pyridine rings is 1. The maximum atomic E-state index is 13.0. The van der Waals surface area contributed by atoms with Gasteiger partial charge in [0.25, 0.3) is 5.91 Å². The van der Waals surface area contributed by atoms with Gasteiger partial charge in [0.1, 0.15) is 18.3 Å². The highest BCUT2D eigenvalue weighted by Gasteiger charge is 2.38. The maximum absolute atomic E-state index is 13.0.